The summed E-state index contributed by atoms with van der Waals surface area (Å²) in [5.74, 6) is -1.39. The monoisotopic (exact) mass is 221 g/mol. The molecule has 0 aliphatic carbocycles. The fourth-order valence-electron chi connectivity index (χ4n) is 1.74. The number of nitrogens with two attached hydrogens (primary N) is 1. The summed E-state index contributed by atoms with van der Waals surface area (Å²) < 4.78 is 0. The molecule has 0 aromatic carbocycles. The molecule has 2 rings (SSSR count). The first-order valence-corrected chi connectivity index (χ1v) is 4.81. The number of hydrogen-bond acceptors (Lipinski definition) is 4. The van der Waals surface area contributed by atoms with Gasteiger partial charge in [-0.1, -0.05) is 0 Å². The molecular weight excluding hydrogens is 210 g/mol. The number of aromatic nitrogens is 1. The summed E-state index contributed by atoms with van der Waals surface area (Å²) in [6, 6.07) is 2.58. The highest BCUT2D eigenvalue weighted by Gasteiger charge is 2.43. The number of β-lactam (4-membered cyclic amide) rings is 1. The Morgan fingerprint density at radius 1 is 1.62 bits per heavy atom. The van der Waals surface area contributed by atoms with Crippen LogP contribution in [-0.2, 0) is 16.0 Å². The van der Waals surface area contributed by atoms with Crippen molar-refractivity contribution in [1.82, 2.24) is 10.3 Å². The number of hydrogen-bond donors (Lipinski definition) is 3. The van der Waals surface area contributed by atoms with Crippen molar-refractivity contribution in [3.8, 4) is 0 Å². The van der Waals surface area contributed by atoms with Gasteiger partial charge in [0.15, 0.2) is 0 Å². The first-order valence-electron chi connectivity index (χ1n) is 4.81. The molecule has 84 valence electrons. The molecule has 1 aliphatic heterocycles. The Morgan fingerprint density at radius 2 is 2.38 bits per heavy atom. The van der Waals surface area contributed by atoms with E-state index < -0.39 is 17.9 Å². The van der Waals surface area contributed by atoms with Gasteiger partial charge in [-0.2, -0.15) is 0 Å². The maximum Gasteiger partial charge on any atom is 0.327 e. The Labute approximate surface area is 91.5 Å². The van der Waals surface area contributed by atoms with Crippen LogP contribution in [0.4, 0.5) is 5.82 Å². The van der Waals surface area contributed by atoms with Crippen molar-refractivity contribution < 1.29 is 14.7 Å². The van der Waals surface area contributed by atoms with Crippen LogP contribution in [0.3, 0.4) is 0 Å². The molecule has 1 aromatic rings. The molecule has 0 unspecified atom stereocenters. The fourth-order valence-corrected chi connectivity index (χ4v) is 1.74. The van der Waals surface area contributed by atoms with Crippen LogP contribution < -0.4 is 11.1 Å². The van der Waals surface area contributed by atoms with Gasteiger partial charge in [0.05, 0.1) is 5.92 Å². The molecule has 0 bridgehead atoms. The number of aliphatic carboxylic acids is 1. The standard InChI is InChI=1S/C10H11N3O3/c11-7-4-5(1-2-12-7)3-6-8(10(15)16)13-9(6)14/h1-2,4,6,8H,3H2,(H2,11,12)(H,13,14)(H,15,16)/t6-,8+/m1/s1. The Balaban J connectivity index is 2.09. The van der Waals surface area contributed by atoms with Crippen molar-refractivity contribution in [3.05, 3.63) is 23.9 Å². The lowest BCUT2D eigenvalue weighted by Crippen LogP contribution is -2.62. The average Bonchev–Trinajstić information content (AvgIpc) is 2.22. The topological polar surface area (TPSA) is 105 Å². The summed E-state index contributed by atoms with van der Waals surface area (Å²) in [5, 5.41) is 11.1. The van der Waals surface area contributed by atoms with Crippen LogP contribution in [0.15, 0.2) is 18.3 Å². The normalized spacial score (nSPS) is 23.4. The Hall–Kier alpha value is -2.11. The molecule has 0 saturated carbocycles. The molecule has 1 fully saturated rings. The number of anilines is 1. The van der Waals surface area contributed by atoms with Crippen LogP contribution in [0.2, 0.25) is 0 Å². The number of pyridine rings is 1. The highest BCUT2D eigenvalue weighted by molar-refractivity contribution is 5.96. The first kappa shape index (κ1) is 10.4. The van der Waals surface area contributed by atoms with Gasteiger partial charge in [0, 0.05) is 6.20 Å². The van der Waals surface area contributed by atoms with E-state index in [4.69, 9.17) is 10.8 Å². The van der Waals surface area contributed by atoms with E-state index in [1.54, 1.807) is 12.1 Å². The Kier molecular flexibility index (Phi) is 2.47. The van der Waals surface area contributed by atoms with Crippen LogP contribution in [0.5, 0.6) is 0 Å². The van der Waals surface area contributed by atoms with E-state index >= 15 is 0 Å². The number of carboxylic acids is 1. The number of nitrogens with one attached hydrogen (secondary N) is 1. The largest absolute Gasteiger partial charge is 0.480 e. The zero-order valence-corrected chi connectivity index (χ0v) is 8.38. The summed E-state index contributed by atoms with van der Waals surface area (Å²) >= 11 is 0. The van der Waals surface area contributed by atoms with Crippen molar-refractivity contribution in [2.45, 2.75) is 12.5 Å². The quantitative estimate of drug-likeness (QED) is 0.591. The second-order valence-electron chi connectivity index (χ2n) is 3.72. The molecule has 1 amide bonds. The molecule has 1 aliphatic rings. The van der Waals surface area contributed by atoms with Gasteiger partial charge in [-0.15, -0.1) is 0 Å². The lowest BCUT2D eigenvalue weighted by Gasteiger charge is -2.33. The number of amides is 1. The predicted octanol–water partition coefficient (Wildman–Crippen LogP) is -0.594. The highest BCUT2D eigenvalue weighted by Crippen LogP contribution is 2.21. The third-order valence-corrected chi connectivity index (χ3v) is 2.60. The Bertz CT molecular complexity index is 447. The van der Waals surface area contributed by atoms with E-state index in [-0.39, 0.29) is 5.91 Å². The third-order valence-electron chi connectivity index (χ3n) is 2.60. The van der Waals surface area contributed by atoms with Gasteiger partial charge < -0.3 is 16.2 Å². The van der Waals surface area contributed by atoms with E-state index in [1.807, 2.05) is 0 Å². The number of carbonyl (C=O) groups excluding carboxylic acids is 1. The summed E-state index contributed by atoms with van der Waals surface area (Å²) in [6.45, 7) is 0. The first-order chi connectivity index (χ1) is 7.58. The second kappa shape index (κ2) is 3.80. The van der Waals surface area contributed by atoms with Gasteiger partial charge in [0.1, 0.15) is 11.9 Å². The molecular formula is C10H11N3O3. The summed E-state index contributed by atoms with van der Waals surface area (Å²) in [7, 11) is 0. The van der Waals surface area contributed by atoms with Crippen molar-refractivity contribution in [2.24, 2.45) is 5.92 Å². The van der Waals surface area contributed by atoms with Crippen molar-refractivity contribution in [1.29, 1.82) is 0 Å². The minimum atomic E-state index is -1.01. The molecule has 0 radical (unpaired) electrons. The van der Waals surface area contributed by atoms with Gasteiger partial charge >= 0.3 is 5.97 Å². The van der Waals surface area contributed by atoms with Gasteiger partial charge in [0.25, 0.3) is 0 Å². The van der Waals surface area contributed by atoms with Gasteiger partial charge in [0.2, 0.25) is 5.91 Å². The summed E-state index contributed by atoms with van der Waals surface area (Å²) in [5.41, 5.74) is 6.31. The highest BCUT2D eigenvalue weighted by atomic mass is 16.4. The molecule has 6 heteroatoms. The molecule has 2 atom stereocenters. The molecule has 6 nitrogen and oxygen atoms in total. The van der Waals surface area contributed by atoms with Crippen molar-refractivity contribution >= 4 is 17.7 Å². The molecule has 4 N–H and O–H groups in total. The van der Waals surface area contributed by atoms with Crippen LogP contribution in [0.1, 0.15) is 5.56 Å². The lowest BCUT2D eigenvalue weighted by molar-refractivity contribution is -0.153. The minimum absolute atomic E-state index is 0.234. The zero-order chi connectivity index (χ0) is 11.7. The number of nitrogen functional groups attached to an aromatic ring is 1. The molecule has 1 saturated heterocycles. The smallest absolute Gasteiger partial charge is 0.327 e. The maximum atomic E-state index is 11.2. The van der Waals surface area contributed by atoms with Crippen LogP contribution in [0, 0.1) is 5.92 Å². The SMILES string of the molecule is Nc1cc(C[C@H]2C(=O)N[C@@H]2C(=O)O)ccn1. The zero-order valence-electron chi connectivity index (χ0n) is 8.38. The van der Waals surface area contributed by atoms with E-state index in [2.05, 4.69) is 10.3 Å². The molecule has 1 aromatic heterocycles. The van der Waals surface area contributed by atoms with E-state index in [1.165, 1.54) is 6.20 Å². The summed E-state index contributed by atoms with van der Waals surface area (Å²) in [6.07, 6.45) is 1.91. The fraction of sp³-hybridized carbons (Fsp3) is 0.300. The lowest BCUT2D eigenvalue weighted by atomic mass is 9.85. The molecule has 2 heterocycles. The van der Waals surface area contributed by atoms with Crippen LogP contribution in [-0.4, -0.2) is 28.0 Å². The van der Waals surface area contributed by atoms with Gasteiger partial charge in [-0.05, 0) is 24.1 Å². The number of carboxylic acid groups (broad SMARTS) is 1. The number of carbonyl (C=O) groups is 2. The van der Waals surface area contributed by atoms with Crippen molar-refractivity contribution in [2.75, 3.05) is 5.73 Å². The molecule has 0 spiro atoms. The van der Waals surface area contributed by atoms with Gasteiger partial charge in [-0.25, -0.2) is 9.78 Å². The third kappa shape index (κ3) is 1.81. The van der Waals surface area contributed by atoms with Gasteiger partial charge in [-0.3, -0.25) is 4.79 Å². The minimum Gasteiger partial charge on any atom is -0.480 e. The maximum absolute atomic E-state index is 11.2. The second-order valence-corrected chi connectivity index (χ2v) is 3.72. The number of nitrogens with zero attached hydrogens (tertiary/aromatic N) is 1. The predicted molar refractivity (Wildman–Crippen MR) is 55.4 cm³/mol. The van der Waals surface area contributed by atoms with Crippen molar-refractivity contribution in [3.63, 3.8) is 0 Å². The number of rotatable bonds is 3. The van der Waals surface area contributed by atoms with E-state index in [9.17, 15) is 9.59 Å². The van der Waals surface area contributed by atoms with E-state index in [0.717, 1.165) is 5.56 Å². The Morgan fingerprint density at radius 3 is 2.94 bits per heavy atom. The van der Waals surface area contributed by atoms with E-state index in [0.29, 0.717) is 12.2 Å². The van der Waals surface area contributed by atoms with Crippen LogP contribution in [0.25, 0.3) is 0 Å². The van der Waals surface area contributed by atoms with Crippen LogP contribution >= 0.6 is 0 Å². The molecule has 16 heavy (non-hydrogen) atoms. The average molecular weight is 221 g/mol. The summed E-state index contributed by atoms with van der Waals surface area (Å²) in [4.78, 5) is 25.8.